The standard InChI is InChI=1S/C9H8BrClN4/c1-15-4-5(3-13-15)8-6(11)2-7(12)9(10)14-8/h2-4H,12H2,1H3. The molecule has 4 nitrogen and oxygen atoms in total. The zero-order chi connectivity index (χ0) is 11.0. The number of nitrogens with zero attached hydrogens (tertiary/aromatic N) is 3. The van der Waals surface area contributed by atoms with Crippen molar-refractivity contribution < 1.29 is 0 Å². The lowest BCUT2D eigenvalue weighted by atomic mass is 10.2. The Kier molecular flexibility index (Phi) is 2.67. The summed E-state index contributed by atoms with van der Waals surface area (Å²) in [4.78, 5) is 4.26. The van der Waals surface area contributed by atoms with E-state index in [9.17, 15) is 0 Å². The summed E-state index contributed by atoms with van der Waals surface area (Å²) in [7, 11) is 1.84. The van der Waals surface area contributed by atoms with Crippen LogP contribution in [0.25, 0.3) is 11.3 Å². The van der Waals surface area contributed by atoms with Crippen molar-refractivity contribution in [1.82, 2.24) is 14.8 Å². The van der Waals surface area contributed by atoms with Crippen LogP contribution < -0.4 is 5.73 Å². The van der Waals surface area contributed by atoms with Gasteiger partial charge in [-0.05, 0) is 22.0 Å². The molecule has 0 aliphatic carbocycles. The molecule has 0 atom stereocenters. The minimum absolute atomic E-state index is 0.517. The van der Waals surface area contributed by atoms with Crippen LogP contribution in [-0.4, -0.2) is 14.8 Å². The van der Waals surface area contributed by atoms with Gasteiger partial charge >= 0.3 is 0 Å². The lowest BCUT2D eigenvalue weighted by Gasteiger charge is -2.03. The third-order valence-electron chi connectivity index (χ3n) is 1.93. The number of nitrogens with two attached hydrogens (primary N) is 1. The van der Waals surface area contributed by atoms with Crippen LogP contribution in [0.3, 0.4) is 0 Å². The van der Waals surface area contributed by atoms with E-state index in [0.717, 1.165) is 5.56 Å². The summed E-state index contributed by atoms with van der Waals surface area (Å²) >= 11 is 9.31. The van der Waals surface area contributed by atoms with Gasteiger partial charge in [0.05, 0.1) is 22.6 Å². The molecule has 0 bridgehead atoms. The van der Waals surface area contributed by atoms with Gasteiger partial charge in [0.1, 0.15) is 4.60 Å². The van der Waals surface area contributed by atoms with Crippen molar-refractivity contribution in [3.8, 4) is 11.3 Å². The van der Waals surface area contributed by atoms with E-state index in [-0.39, 0.29) is 0 Å². The molecule has 6 heteroatoms. The summed E-state index contributed by atoms with van der Waals surface area (Å²) in [5.74, 6) is 0. The maximum absolute atomic E-state index is 6.04. The third kappa shape index (κ3) is 1.98. The molecular formula is C9H8BrClN4. The molecule has 0 radical (unpaired) electrons. The maximum Gasteiger partial charge on any atom is 0.129 e. The van der Waals surface area contributed by atoms with Gasteiger partial charge in [-0.1, -0.05) is 11.6 Å². The molecule has 2 rings (SSSR count). The monoisotopic (exact) mass is 286 g/mol. The van der Waals surface area contributed by atoms with Crippen LogP contribution in [-0.2, 0) is 7.05 Å². The predicted octanol–water partition coefficient (Wildman–Crippen LogP) is 2.48. The number of nitrogen functional groups attached to an aromatic ring is 1. The summed E-state index contributed by atoms with van der Waals surface area (Å²) in [6.07, 6.45) is 3.55. The fourth-order valence-electron chi connectivity index (χ4n) is 1.23. The van der Waals surface area contributed by atoms with E-state index in [1.54, 1.807) is 16.9 Å². The van der Waals surface area contributed by atoms with E-state index in [1.807, 2.05) is 13.2 Å². The largest absolute Gasteiger partial charge is 0.396 e. The van der Waals surface area contributed by atoms with Crippen molar-refractivity contribution in [1.29, 1.82) is 0 Å². The Hall–Kier alpha value is -1.07. The van der Waals surface area contributed by atoms with Crippen LogP contribution in [0.4, 0.5) is 5.69 Å². The first-order valence-electron chi connectivity index (χ1n) is 4.18. The van der Waals surface area contributed by atoms with Crippen molar-refractivity contribution in [3.05, 3.63) is 28.1 Å². The molecular weight excluding hydrogens is 279 g/mol. The first-order chi connectivity index (χ1) is 7.08. The average molecular weight is 288 g/mol. The fraction of sp³-hybridized carbons (Fsp3) is 0.111. The molecule has 2 aromatic rings. The second kappa shape index (κ2) is 3.83. The average Bonchev–Trinajstić information content (AvgIpc) is 2.58. The van der Waals surface area contributed by atoms with Crippen LogP contribution >= 0.6 is 27.5 Å². The van der Waals surface area contributed by atoms with E-state index in [4.69, 9.17) is 17.3 Å². The van der Waals surface area contributed by atoms with Gasteiger partial charge in [0.15, 0.2) is 0 Å². The first-order valence-corrected chi connectivity index (χ1v) is 5.35. The van der Waals surface area contributed by atoms with E-state index in [1.165, 1.54) is 0 Å². The Balaban J connectivity index is 2.58. The van der Waals surface area contributed by atoms with Crippen LogP contribution in [0, 0.1) is 0 Å². The highest BCUT2D eigenvalue weighted by Gasteiger charge is 2.10. The highest BCUT2D eigenvalue weighted by Crippen LogP contribution is 2.30. The lowest BCUT2D eigenvalue weighted by molar-refractivity contribution is 0.768. The maximum atomic E-state index is 6.04. The van der Waals surface area contributed by atoms with Crippen molar-refractivity contribution >= 4 is 33.2 Å². The SMILES string of the molecule is Cn1cc(-c2nc(Br)c(N)cc2Cl)cn1. The first kappa shape index (κ1) is 10.4. The van der Waals surface area contributed by atoms with Crippen molar-refractivity contribution in [2.24, 2.45) is 7.05 Å². The van der Waals surface area contributed by atoms with Crippen molar-refractivity contribution in [2.45, 2.75) is 0 Å². The summed E-state index contributed by atoms with van der Waals surface area (Å²) in [6, 6.07) is 1.67. The summed E-state index contributed by atoms with van der Waals surface area (Å²) < 4.78 is 2.28. The Labute approximate surface area is 100 Å². The predicted molar refractivity (Wildman–Crippen MR) is 63.6 cm³/mol. The zero-order valence-electron chi connectivity index (χ0n) is 7.91. The van der Waals surface area contributed by atoms with Gasteiger partial charge in [0.2, 0.25) is 0 Å². The quantitative estimate of drug-likeness (QED) is 0.820. The topological polar surface area (TPSA) is 56.7 Å². The molecule has 0 saturated heterocycles. The molecule has 2 N–H and O–H groups in total. The van der Waals surface area contributed by atoms with E-state index in [2.05, 4.69) is 26.0 Å². The lowest BCUT2D eigenvalue weighted by Crippen LogP contribution is -1.92. The molecule has 0 aliphatic rings. The number of aryl methyl sites for hydroxylation is 1. The molecule has 0 aromatic carbocycles. The molecule has 0 amide bonds. The van der Waals surface area contributed by atoms with Crippen LogP contribution in [0.5, 0.6) is 0 Å². The summed E-state index contributed by atoms with van der Waals surface area (Å²) in [6.45, 7) is 0. The second-order valence-corrected chi connectivity index (χ2v) is 4.26. The molecule has 0 fully saturated rings. The van der Waals surface area contributed by atoms with Gasteiger partial charge < -0.3 is 5.73 Å². The Morgan fingerprint density at radius 3 is 2.87 bits per heavy atom. The Morgan fingerprint density at radius 1 is 1.53 bits per heavy atom. The number of aromatic nitrogens is 3. The van der Waals surface area contributed by atoms with Gasteiger partial charge in [-0.25, -0.2) is 4.98 Å². The molecule has 0 aliphatic heterocycles. The van der Waals surface area contributed by atoms with Gasteiger partial charge in [-0.15, -0.1) is 0 Å². The van der Waals surface area contributed by atoms with Gasteiger partial charge in [0.25, 0.3) is 0 Å². The molecule has 2 aromatic heterocycles. The molecule has 0 spiro atoms. The minimum Gasteiger partial charge on any atom is -0.396 e. The van der Waals surface area contributed by atoms with Gasteiger partial charge in [-0.2, -0.15) is 5.10 Å². The fourth-order valence-corrected chi connectivity index (χ4v) is 1.79. The highest BCUT2D eigenvalue weighted by molar-refractivity contribution is 9.10. The third-order valence-corrected chi connectivity index (χ3v) is 2.86. The number of pyridine rings is 1. The Morgan fingerprint density at radius 2 is 2.27 bits per heavy atom. The van der Waals surface area contributed by atoms with Gasteiger partial charge in [0, 0.05) is 18.8 Å². The van der Waals surface area contributed by atoms with Crippen LogP contribution in [0.2, 0.25) is 5.02 Å². The Bertz CT molecular complexity index is 509. The number of rotatable bonds is 1. The smallest absolute Gasteiger partial charge is 0.129 e. The van der Waals surface area contributed by atoms with E-state index >= 15 is 0 Å². The second-order valence-electron chi connectivity index (χ2n) is 3.10. The molecule has 15 heavy (non-hydrogen) atoms. The molecule has 0 saturated carbocycles. The van der Waals surface area contributed by atoms with Crippen LogP contribution in [0.1, 0.15) is 0 Å². The summed E-state index contributed by atoms with van der Waals surface area (Å²) in [5, 5.41) is 4.57. The molecule has 0 unspecified atom stereocenters. The van der Waals surface area contributed by atoms with Crippen LogP contribution in [0.15, 0.2) is 23.1 Å². The number of hydrogen-bond donors (Lipinski definition) is 1. The van der Waals surface area contributed by atoms with Gasteiger partial charge in [-0.3, -0.25) is 4.68 Å². The normalized spacial score (nSPS) is 10.6. The minimum atomic E-state index is 0.517. The number of anilines is 1. The molecule has 2 heterocycles. The van der Waals surface area contributed by atoms with Crippen molar-refractivity contribution in [3.63, 3.8) is 0 Å². The zero-order valence-corrected chi connectivity index (χ0v) is 10.2. The number of halogens is 2. The molecule has 78 valence electrons. The van der Waals surface area contributed by atoms with Crippen molar-refractivity contribution in [2.75, 3.05) is 5.73 Å². The summed E-state index contributed by atoms with van der Waals surface area (Å²) in [5.41, 5.74) is 7.72. The van der Waals surface area contributed by atoms with E-state index in [0.29, 0.717) is 21.0 Å². The number of hydrogen-bond acceptors (Lipinski definition) is 3. The van der Waals surface area contributed by atoms with E-state index < -0.39 is 0 Å². The highest BCUT2D eigenvalue weighted by atomic mass is 79.9.